The molecule has 0 aromatic heterocycles. The Hall–Kier alpha value is -2.06. The number of benzene rings is 1. The van der Waals surface area contributed by atoms with Crippen LogP contribution in [-0.2, 0) is 4.79 Å². The summed E-state index contributed by atoms with van der Waals surface area (Å²) in [5, 5.41) is 8.84. The molecule has 16 heavy (non-hydrogen) atoms. The minimum absolute atomic E-state index is 0.389. The summed E-state index contributed by atoms with van der Waals surface area (Å²) < 4.78 is 5.42. The third-order valence-corrected chi connectivity index (χ3v) is 2.08. The average Bonchev–Trinajstić information content (AvgIpc) is 2.35. The molecule has 0 spiro atoms. The fourth-order valence-corrected chi connectivity index (χ4v) is 1.23. The molecule has 84 valence electrons. The molecule has 0 fully saturated rings. The molecular weight excluding hydrogens is 206 g/mol. The van der Waals surface area contributed by atoms with Crippen molar-refractivity contribution in [1.29, 1.82) is 5.26 Å². The summed E-state index contributed by atoms with van der Waals surface area (Å²) in [6.45, 7) is 1.80. The van der Waals surface area contributed by atoms with Gasteiger partial charge in [0, 0.05) is 0 Å². The van der Waals surface area contributed by atoms with Gasteiger partial charge in [-0.1, -0.05) is 19.1 Å². The quantitative estimate of drug-likeness (QED) is 0.443. The second-order valence-corrected chi connectivity index (χ2v) is 3.13. The van der Waals surface area contributed by atoms with E-state index < -0.39 is 12.0 Å². The van der Waals surface area contributed by atoms with Gasteiger partial charge in [-0.25, -0.2) is 5.84 Å². The molecule has 0 aliphatic rings. The van der Waals surface area contributed by atoms with E-state index in [1.165, 1.54) is 0 Å². The highest BCUT2D eigenvalue weighted by Crippen LogP contribution is 2.18. The third-order valence-electron chi connectivity index (χ3n) is 2.08. The molecule has 0 saturated heterocycles. The molecule has 0 saturated carbocycles. The summed E-state index contributed by atoms with van der Waals surface area (Å²) in [4.78, 5) is 11.3. The maximum absolute atomic E-state index is 11.3. The highest BCUT2D eigenvalue weighted by molar-refractivity contribution is 5.80. The lowest BCUT2D eigenvalue weighted by atomic mass is 10.2. The van der Waals surface area contributed by atoms with Crippen molar-refractivity contribution < 1.29 is 9.53 Å². The second-order valence-electron chi connectivity index (χ2n) is 3.13. The SMILES string of the molecule is CCC(Oc1ccccc1C#N)C(=O)NN. The van der Waals surface area contributed by atoms with Gasteiger partial charge in [0.15, 0.2) is 6.10 Å². The van der Waals surface area contributed by atoms with Gasteiger partial charge in [0.05, 0.1) is 5.56 Å². The Morgan fingerprint density at radius 1 is 1.62 bits per heavy atom. The first kappa shape index (κ1) is 12.0. The van der Waals surface area contributed by atoms with Crippen LogP contribution in [-0.4, -0.2) is 12.0 Å². The molecule has 0 radical (unpaired) electrons. The fraction of sp³-hybridized carbons (Fsp3) is 0.273. The van der Waals surface area contributed by atoms with E-state index in [2.05, 4.69) is 0 Å². The molecule has 0 aliphatic carbocycles. The highest BCUT2D eigenvalue weighted by atomic mass is 16.5. The smallest absolute Gasteiger partial charge is 0.274 e. The van der Waals surface area contributed by atoms with Crippen LogP contribution in [0.15, 0.2) is 24.3 Å². The molecule has 0 bridgehead atoms. The number of nitriles is 1. The number of rotatable bonds is 4. The molecule has 3 N–H and O–H groups in total. The van der Waals surface area contributed by atoms with Crippen molar-refractivity contribution in [2.24, 2.45) is 5.84 Å². The van der Waals surface area contributed by atoms with Gasteiger partial charge in [0.2, 0.25) is 0 Å². The summed E-state index contributed by atoms with van der Waals surface area (Å²) in [5.74, 6) is 5.01. The second kappa shape index (κ2) is 5.73. The third kappa shape index (κ3) is 2.72. The van der Waals surface area contributed by atoms with Crippen LogP contribution in [0.3, 0.4) is 0 Å². The molecule has 1 rings (SSSR count). The Labute approximate surface area is 93.8 Å². The Morgan fingerprint density at radius 3 is 2.88 bits per heavy atom. The van der Waals surface area contributed by atoms with Gasteiger partial charge >= 0.3 is 0 Å². The average molecular weight is 219 g/mol. The molecule has 0 heterocycles. The lowest BCUT2D eigenvalue weighted by Crippen LogP contribution is -2.41. The van der Waals surface area contributed by atoms with Gasteiger partial charge in [-0.15, -0.1) is 0 Å². The van der Waals surface area contributed by atoms with Crippen LogP contribution in [0.5, 0.6) is 5.75 Å². The van der Waals surface area contributed by atoms with E-state index in [1.807, 2.05) is 11.5 Å². The first-order chi connectivity index (χ1) is 7.72. The maximum Gasteiger partial charge on any atom is 0.274 e. The number of nitrogens with zero attached hydrogens (tertiary/aromatic N) is 1. The van der Waals surface area contributed by atoms with Crippen LogP contribution in [0.1, 0.15) is 18.9 Å². The predicted octanol–water partition coefficient (Wildman–Crippen LogP) is 0.706. The van der Waals surface area contributed by atoms with Crippen molar-refractivity contribution in [3.8, 4) is 11.8 Å². The van der Waals surface area contributed by atoms with Gasteiger partial charge in [0.1, 0.15) is 11.8 Å². The number of ether oxygens (including phenoxy) is 1. The Balaban J connectivity index is 2.86. The van der Waals surface area contributed by atoms with Crippen molar-refractivity contribution >= 4 is 5.91 Å². The van der Waals surface area contributed by atoms with Gasteiger partial charge in [0.25, 0.3) is 5.91 Å². The molecule has 1 amide bonds. The summed E-state index contributed by atoms with van der Waals surface area (Å²) in [6, 6.07) is 8.74. The monoisotopic (exact) mass is 219 g/mol. The van der Waals surface area contributed by atoms with Crippen molar-refractivity contribution in [2.45, 2.75) is 19.4 Å². The standard InChI is InChI=1S/C11H13N3O2/c1-2-9(11(15)14-13)16-10-6-4-3-5-8(10)7-12/h3-6,9H,2,13H2,1H3,(H,14,15). The number of hydrazine groups is 1. The molecule has 1 unspecified atom stereocenters. The summed E-state index contributed by atoms with van der Waals surface area (Å²) in [7, 11) is 0. The lowest BCUT2D eigenvalue weighted by Gasteiger charge is -2.16. The van der Waals surface area contributed by atoms with Crippen molar-refractivity contribution in [3.63, 3.8) is 0 Å². The minimum atomic E-state index is -0.681. The minimum Gasteiger partial charge on any atom is -0.479 e. The van der Waals surface area contributed by atoms with Gasteiger partial charge in [-0.05, 0) is 18.6 Å². The van der Waals surface area contributed by atoms with Crippen molar-refractivity contribution in [2.75, 3.05) is 0 Å². The summed E-state index contributed by atoms with van der Waals surface area (Å²) in [6.07, 6.45) is -0.206. The topological polar surface area (TPSA) is 88.1 Å². The summed E-state index contributed by atoms with van der Waals surface area (Å²) >= 11 is 0. The van der Waals surface area contributed by atoms with Gasteiger partial charge in [-0.3, -0.25) is 10.2 Å². The molecule has 5 heteroatoms. The molecule has 1 atom stereocenters. The van der Waals surface area contributed by atoms with Crippen LogP contribution < -0.4 is 16.0 Å². The Bertz CT molecular complexity index is 412. The predicted molar refractivity (Wildman–Crippen MR) is 58.2 cm³/mol. The molecule has 0 aliphatic heterocycles. The molecule has 1 aromatic carbocycles. The van der Waals surface area contributed by atoms with E-state index in [0.717, 1.165) is 0 Å². The number of carbonyl (C=O) groups excluding carboxylic acids is 1. The number of nitrogens with two attached hydrogens (primary N) is 1. The van der Waals surface area contributed by atoms with E-state index in [1.54, 1.807) is 31.2 Å². The van der Waals surface area contributed by atoms with E-state index in [-0.39, 0.29) is 0 Å². The Kier molecular flexibility index (Phi) is 4.30. The van der Waals surface area contributed by atoms with Crippen molar-refractivity contribution in [3.05, 3.63) is 29.8 Å². The van der Waals surface area contributed by atoms with Gasteiger partial charge < -0.3 is 4.74 Å². The first-order valence-corrected chi connectivity index (χ1v) is 4.89. The molecular formula is C11H13N3O2. The zero-order chi connectivity index (χ0) is 12.0. The van der Waals surface area contributed by atoms with Crippen molar-refractivity contribution in [1.82, 2.24) is 5.43 Å². The van der Waals surface area contributed by atoms with E-state index in [9.17, 15) is 4.79 Å². The van der Waals surface area contributed by atoms with Gasteiger partial charge in [-0.2, -0.15) is 5.26 Å². The maximum atomic E-state index is 11.3. The van der Waals surface area contributed by atoms with Crippen LogP contribution >= 0.6 is 0 Å². The number of para-hydroxylation sites is 1. The van der Waals surface area contributed by atoms with Crippen LogP contribution in [0.4, 0.5) is 0 Å². The van der Waals surface area contributed by atoms with E-state index >= 15 is 0 Å². The number of hydrogen-bond donors (Lipinski definition) is 2. The van der Waals surface area contributed by atoms with Crippen LogP contribution in [0.25, 0.3) is 0 Å². The molecule has 5 nitrogen and oxygen atoms in total. The number of amides is 1. The fourth-order valence-electron chi connectivity index (χ4n) is 1.23. The lowest BCUT2D eigenvalue weighted by molar-refractivity contribution is -0.128. The van der Waals surface area contributed by atoms with E-state index in [4.69, 9.17) is 15.8 Å². The zero-order valence-corrected chi connectivity index (χ0v) is 8.93. The number of nitrogens with one attached hydrogen (secondary N) is 1. The highest BCUT2D eigenvalue weighted by Gasteiger charge is 2.18. The molecule has 1 aromatic rings. The number of carbonyl (C=O) groups is 1. The zero-order valence-electron chi connectivity index (χ0n) is 8.93. The Morgan fingerprint density at radius 2 is 2.31 bits per heavy atom. The van der Waals surface area contributed by atoms with E-state index in [0.29, 0.717) is 17.7 Å². The van der Waals surface area contributed by atoms with Crippen LogP contribution in [0, 0.1) is 11.3 Å². The van der Waals surface area contributed by atoms with Crippen LogP contribution in [0.2, 0.25) is 0 Å². The number of hydrogen-bond acceptors (Lipinski definition) is 4. The summed E-state index contributed by atoms with van der Waals surface area (Å²) in [5.41, 5.74) is 2.42. The first-order valence-electron chi connectivity index (χ1n) is 4.89. The normalized spacial score (nSPS) is 11.3. The largest absolute Gasteiger partial charge is 0.479 e.